The molecule has 1 saturated carbocycles. The second kappa shape index (κ2) is 4.32. The van der Waals surface area contributed by atoms with Crippen LogP contribution in [0, 0.1) is 0 Å². The average Bonchev–Trinajstić information content (AvgIpc) is 2.97. The molecule has 2 rings (SSSR count). The van der Waals surface area contributed by atoms with Crippen LogP contribution in [0.15, 0.2) is 30.3 Å². The number of hydrogen-bond donors (Lipinski definition) is 2. The Morgan fingerprint density at radius 1 is 1.32 bits per heavy atom. The maximum absolute atomic E-state index is 12.3. The molecule has 2 atom stereocenters. The number of hydrogen-bond acceptors (Lipinski definition) is 4. The quantitative estimate of drug-likeness (QED) is 0.805. The summed E-state index contributed by atoms with van der Waals surface area (Å²) < 4.78 is 5.42. The summed E-state index contributed by atoms with van der Waals surface area (Å²) in [7, 11) is 0. The third kappa shape index (κ3) is 2.26. The summed E-state index contributed by atoms with van der Waals surface area (Å²) >= 11 is 0. The molecule has 0 aromatic heterocycles. The fourth-order valence-corrected chi connectivity index (χ4v) is 2.56. The molecular formula is C15H22N2O2. The van der Waals surface area contributed by atoms with Crippen LogP contribution in [0.3, 0.4) is 0 Å². The van der Waals surface area contributed by atoms with Gasteiger partial charge in [-0.05, 0) is 32.8 Å². The van der Waals surface area contributed by atoms with Crippen LogP contribution in [-0.4, -0.2) is 23.7 Å². The van der Waals surface area contributed by atoms with Crippen molar-refractivity contribution in [1.29, 1.82) is 0 Å². The lowest BCUT2D eigenvalue weighted by molar-refractivity contribution is -0.158. The Bertz CT molecular complexity index is 481. The summed E-state index contributed by atoms with van der Waals surface area (Å²) in [6.07, 6.45) is 0.537. The summed E-state index contributed by atoms with van der Waals surface area (Å²) in [6.45, 7) is 5.85. The number of esters is 1. The van der Waals surface area contributed by atoms with Gasteiger partial charge < -0.3 is 16.2 Å². The molecule has 104 valence electrons. The molecule has 1 aromatic carbocycles. The standard InChI is InChI=1S/C15H22N2O2/c1-13(2,3)19-12(18)15(17)9-14(15,10-16)11-7-5-4-6-8-11/h4-8H,9-10,16-17H2,1-3H3. The van der Waals surface area contributed by atoms with Crippen molar-refractivity contribution in [2.75, 3.05) is 6.54 Å². The maximum atomic E-state index is 12.3. The molecule has 1 aliphatic carbocycles. The zero-order valence-corrected chi connectivity index (χ0v) is 11.8. The van der Waals surface area contributed by atoms with Crippen molar-refractivity contribution in [1.82, 2.24) is 0 Å². The second-order valence-electron chi connectivity index (χ2n) is 6.30. The van der Waals surface area contributed by atoms with Gasteiger partial charge in [-0.1, -0.05) is 30.3 Å². The number of ether oxygens (including phenoxy) is 1. The topological polar surface area (TPSA) is 78.3 Å². The fraction of sp³-hybridized carbons (Fsp3) is 0.533. The summed E-state index contributed by atoms with van der Waals surface area (Å²) in [5, 5.41) is 0. The monoisotopic (exact) mass is 262 g/mol. The Kier molecular flexibility index (Phi) is 3.19. The molecule has 1 fully saturated rings. The lowest BCUT2D eigenvalue weighted by atomic mass is 9.90. The molecule has 0 amide bonds. The van der Waals surface area contributed by atoms with Crippen molar-refractivity contribution >= 4 is 5.97 Å². The largest absolute Gasteiger partial charge is 0.459 e. The van der Waals surface area contributed by atoms with Gasteiger partial charge in [-0.15, -0.1) is 0 Å². The highest BCUT2D eigenvalue weighted by Gasteiger charge is 2.71. The molecule has 4 N–H and O–H groups in total. The molecule has 0 spiro atoms. The van der Waals surface area contributed by atoms with Gasteiger partial charge in [0.1, 0.15) is 11.1 Å². The second-order valence-corrected chi connectivity index (χ2v) is 6.30. The van der Waals surface area contributed by atoms with Crippen LogP contribution in [-0.2, 0) is 14.9 Å². The summed E-state index contributed by atoms with van der Waals surface area (Å²) in [4.78, 5) is 12.3. The molecule has 2 unspecified atom stereocenters. The van der Waals surface area contributed by atoms with E-state index in [4.69, 9.17) is 16.2 Å². The number of rotatable bonds is 3. The van der Waals surface area contributed by atoms with Crippen LogP contribution < -0.4 is 11.5 Å². The lowest BCUT2D eigenvalue weighted by Crippen LogP contribution is -2.47. The molecule has 1 aromatic rings. The molecule has 4 heteroatoms. The van der Waals surface area contributed by atoms with E-state index in [-0.39, 0.29) is 5.97 Å². The van der Waals surface area contributed by atoms with E-state index in [1.807, 2.05) is 51.1 Å². The van der Waals surface area contributed by atoms with Gasteiger partial charge in [0.2, 0.25) is 0 Å². The molecule has 0 heterocycles. The number of nitrogens with two attached hydrogens (primary N) is 2. The maximum Gasteiger partial charge on any atom is 0.327 e. The third-order valence-corrected chi connectivity index (χ3v) is 3.75. The third-order valence-electron chi connectivity index (χ3n) is 3.75. The number of benzene rings is 1. The first-order valence-electron chi connectivity index (χ1n) is 6.53. The Balaban J connectivity index is 2.26. The first-order valence-corrected chi connectivity index (χ1v) is 6.53. The van der Waals surface area contributed by atoms with Crippen molar-refractivity contribution in [2.24, 2.45) is 11.5 Å². The minimum absolute atomic E-state index is 0.340. The van der Waals surface area contributed by atoms with Crippen molar-refractivity contribution in [3.63, 3.8) is 0 Å². The first kappa shape index (κ1) is 14.0. The van der Waals surface area contributed by atoms with E-state index in [1.165, 1.54) is 0 Å². The van der Waals surface area contributed by atoms with E-state index in [9.17, 15) is 4.79 Å². The fourth-order valence-electron chi connectivity index (χ4n) is 2.56. The molecule has 0 aliphatic heterocycles. The van der Waals surface area contributed by atoms with Gasteiger partial charge in [-0.3, -0.25) is 4.79 Å². The van der Waals surface area contributed by atoms with Gasteiger partial charge in [-0.25, -0.2) is 0 Å². The zero-order chi connectivity index (χ0) is 14.3. The van der Waals surface area contributed by atoms with Gasteiger partial charge in [0.15, 0.2) is 0 Å². The van der Waals surface area contributed by atoms with E-state index in [1.54, 1.807) is 0 Å². The summed E-state index contributed by atoms with van der Waals surface area (Å²) in [6, 6.07) is 9.72. The van der Waals surface area contributed by atoms with Gasteiger partial charge in [-0.2, -0.15) is 0 Å². The van der Waals surface area contributed by atoms with Crippen LogP contribution in [0.2, 0.25) is 0 Å². The Hall–Kier alpha value is -1.39. The SMILES string of the molecule is CC(C)(C)OC(=O)C1(N)CC1(CN)c1ccccc1. The highest BCUT2D eigenvalue weighted by molar-refractivity contribution is 5.89. The summed E-state index contributed by atoms with van der Waals surface area (Å²) in [5.41, 5.74) is 11.1. The first-order chi connectivity index (χ1) is 8.75. The summed E-state index contributed by atoms with van der Waals surface area (Å²) in [5.74, 6) is -0.366. The van der Waals surface area contributed by atoms with E-state index in [2.05, 4.69) is 0 Å². The van der Waals surface area contributed by atoms with Crippen LogP contribution >= 0.6 is 0 Å². The van der Waals surface area contributed by atoms with Crippen molar-refractivity contribution in [3.8, 4) is 0 Å². The molecule has 19 heavy (non-hydrogen) atoms. The minimum Gasteiger partial charge on any atom is -0.459 e. The number of carbonyl (C=O) groups excluding carboxylic acids is 1. The molecule has 4 nitrogen and oxygen atoms in total. The van der Waals surface area contributed by atoms with Crippen molar-refractivity contribution in [3.05, 3.63) is 35.9 Å². The van der Waals surface area contributed by atoms with E-state index in [0.29, 0.717) is 13.0 Å². The van der Waals surface area contributed by atoms with Crippen LogP contribution in [0.1, 0.15) is 32.8 Å². The van der Waals surface area contributed by atoms with E-state index < -0.39 is 16.6 Å². The highest BCUT2D eigenvalue weighted by atomic mass is 16.6. The lowest BCUT2D eigenvalue weighted by Gasteiger charge is -2.26. The highest BCUT2D eigenvalue weighted by Crippen LogP contribution is 2.56. The predicted octanol–water partition coefficient (Wildman–Crippen LogP) is 1.33. The molecular weight excluding hydrogens is 240 g/mol. The molecule has 1 aliphatic rings. The normalized spacial score (nSPS) is 29.9. The Morgan fingerprint density at radius 2 is 1.89 bits per heavy atom. The number of carbonyl (C=O) groups is 1. The van der Waals surface area contributed by atoms with Crippen LogP contribution in [0.4, 0.5) is 0 Å². The van der Waals surface area contributed by atoms with E-state index in [0.717, 1.165) is 5.56 Å². The Morgan fingerprint density at radius 3 is 2.37 bits per heavy atom. The van der Waals surface area contributed by atoms with Gasteiger partial charge >= 0.3 is 5.97 Å². The van der Waals surface area contributed by atoms with Crippen molar-refractivity contribution < 1.29 is 9.53 Å². The molecule has 0 bridgehead atoms. The molecule has 0 radical (unpaired) electrons. The zero-order valence-electron chi connectivity index (χ0n) is 11.8. The minimum atomic E-state index is -1.00. The average molecular weight is 262 g/mol. The van der Waals surface area contributed by atoms with E-state index >= 15 is 0 Å². The Labute approximate surface area is 114 Å². The van der Waals surface area contributed by atoms with Gasteiger partial charge in [0.25, 0.3) is 0 Å². The van der Waals surface area contributed by atoms with Crippen LogP contribution in [0.5, 0.6) is 0 Å². The molecule has 0 saturated heterocycles. The smallest absolute Gasteiger partial charge is 0.327 e. The van der Waals surface area contributed by atoms with Gasteiger partial charge in [0.05, 0.1) is 0 Å². The van der Waals surface area contributed by atoms with Gasteiger partial charge in [0, 0.05) is 12.0 Å². The predicted molar refractivity (Wildman–Crippen MR) is 74.6 cm³/mol. The van der Waals surface area contributed by atoms with Crippen LogP contribution in [0.25, 0.3) is 0 Å². The van der Waals surface area contributed by atoms with Crippen molar-refractivity contribution in [2.45, 2.75) is 43.7 Å².